The van der Waals surface area contributed by atoms with Gasteiger partial charge in [0.25, 0.3) is 0 Å². The molecule has 1 amide bonds. The molecule has 2 N–H and O–H groups in total. The van der Waals surface area contributed by atoms with Gasteiger partial charge in [-0.25, -0.2) is 19.0 Å². The van der Waals surface area contributed by atoms with Gasteiger partial charge >= 0.3 is 12.1 Å². The molecule has 1 aromatic carbocycles. The van der Waals surface area contributed by atoms with Crippen LogP contribution in [-0.4, -0.2) is 51.5 Å². The number of aromatic nitrogens is 3. The fourth-order valence-electron chi connectivity index (χ4n) is 4.58. The molecule has 1 unspecified atom stereocenters. The van der Waals surface area contributed by atoms with Crippen molar-refractivity contribution in [3.05, 3.63) is 58.8 Å². The minimum atomic E-state index is -0.677. The molecule has 0 aliphatic heterocycles. The molecule has 10 nitrogen and oxygen atoms in total. The SMILES string of the molecule is COC(=O)c1cc(F)ccc1C(C)Oc1cc(-c2c(CN(C)C(=O)OC(C)(C)C)nn(C)c2C2CC2)cnc1N. The van der Waals surface area contributed by atoms with Crippen molar-refractivity contribution in [2.45, 2.75) is 64.7 Å². The molecule has 1 aliphatic carbocycles. The van der Waals surface area contributed by atoms with E-state index in [0.717, 1.165) is 35.7 Å². The Kier molecular flexibility index (Phi) is 8.04. The lowest BCUT2D eigenvalue weighted by Gasteiger charge is -2.24. The first kappa shape index (κ1) is 28.8. The molecular formula is C29H36FN5O5. The molecule has 2 aromatic heterocycles. The van der Waals surface area contributed by atoms with Gasteiger partial charge in [-0.2, -0.15) is 5.10 Å². The summed E-state index contributed by atoms with van der Waals surface area (Å²) in [7, 11) is 4.79. The van der Waals surface area contributed by atoms with E-state index < -0.39 is 29.6 Å². The van der Waals surface area contributed by atoms with Crippen LogP contribution in [0.2, 0.25) is 0 Å². The Labute approximate surface area is 233 Å². The molecule has 0 spiro atoms. The average molecular weight is 554 g/mol. The van der Waals surface area contributed by atoms with Crippen molar-refractivity contribution < 1.29 is 28.2 Å². The summed E-state index contributed by atoms with van der Waals surface area (Å²) >= 11 is 0. The summed E-state index contributed by atoms with van der Waals surface area (Å²) in [6, 6.07) is 5.63. The zero-order valence-corrected chi connectivity index (χ0v) is 23.9. The number of esters is 1. The molecule has 3 aromatic rings. The van der Waals surface area contributed by atoms with Crippen molar-refractivity contribution in [2.75, 3.05) is 19.9 Å². The van der Waals surface area contributed by atoms with Crippen LogP contribution in [0.4, 0.5) is 15.0 Å². The number of nitrogen functional groups attached to an aromatic ring is 1. The summed E-state index contributed by atoms with van der Waals surface area (Å²) < 4.78 is 32.3. The standard InChI is InChI=1S/C29H36FN5O5/c1-16(20-11-10-19(30)13-21(20)27(36)38-7)39-23-12-18(14-32-26(23)31)24-22(33-35(6)25(24)17-8-9-17)15-34(5)28(37)40-29(2,3)4/h10-14,16-17H,8-9,15H2,1-7H3,(H2,31,32). The predicted molar refractivity (Wildman–Crippen MR) is 147 cm³/mol. The Morgan fingerprint density at radius 3 is 2.58 bits per heavy atom. The van der Waals surface area contributed by atoms with Crippen LogP contribution >= 0.6 is 0 Å². The van der Waals surface area contributed by atoms with E-state index in [1.54, 1.807) is 26.2 Å². The van der Waals surface area contributed by atoms with Crippen LogP contribution in [0.15, 0.2) is 30.5 Å². The highest BCUT2D eigenvalue weighted by Crippen LogP contribution is 2.46. The number of ether oxygens (including phenoxy) is 3. The molecule has 1 aliphatic rings. The van der Waals surface area contributed by atoms with E-state index >= 15 is 0 Å². The van der Waals surface area contributed by atoms with Crippen LogP contribution in [-0.2, 0) is 23.1 Å². The molecule has 40 heavy (non-hydrogen) atoms. The van der Waals surface area contributed by atoms with Crippen LogP contribution in [0, 0.1) is 5.82 Å². The third-order valence-corrected chi connectivity index (χ3v) is 6.55. The van der Waals surface area contributed by atoms with E-state index in [1.165, 1.54) is 24.1 Å². The van der Waals surface area contributed by atoms with Gasteiger partial charge in [0.2, 0.25) is 0 Å². The van der Waals surface area contributed by atoms with Crippen molar-refractivity contribution in [2.24, 2.45) is 7.05 Å². The maximum atomic E-state index is 13.9. The van der Waals surface area contributed by atoms with Crippen LogP contribution in [0.1, 0.15) is 79.9 Å². The molecule has 11 heteroatoms. The molecular weight excluding hydrogens is 517 g/mol. The first-order valence-electron chi connectivity index (χ1n) is 13.1. The molecule has 1 atom stereocenters. The number of amides is 1. The van der Waals surface area contributed by atoms with Crippen LogP contribution < -0.4 is 10.5 Å². The molecule has 0 radical (unpaired) electrons. The van der Waals surface area contributed by atoms with Crippen LogP contribution in [0.3, 0.4) is 0 Å². The number of halogens is 1. The van der Waals surface area contributed by atoms with E-state index in [9.17, 15) is 14.0 Å². The first-order valence-corrected chi connectivity index (χ1v) is 13.1. The van der Waals surface area contributed by atoms with Gasteiger partial charge in [-0.1, -0.05) is 6.07 Å². The number of rotatable bonds is 8. The Bertz CT molecular complexity index is 1430. The summed E-state index contributed by atoms with van der Waals surface area (Å²) in [5.74, 6) is -0.444. The molecule has 0 bridgehead atoms. The molecule has 1 saturated carbocycles. The smallest absolute Gasteiger partial charge is 0.410 e. The number of carbonyl (C=O) groups is 2. The van der Waals surface area contributed by atoms with Gasteiger partial charge in [0, 0.05) is 48.6 Å². The Hall–Kier alpha value is -4.15. The van der Waals surface area contributed by atoms with Gasteiger partial charge in [0.1, 0.15) is 17.5 Å². The number of methoxy groups -OCH3 is 1. The quantitative estimate of drug-likeness (QED) is 0.369. The van der Waals surface area contributed by atoms with Gasteiger partial charge in [0.05, 0.1) is 24.9 Å². The fourth-order valence-corrected chi connectivity index (χ4v) is 4.58. The second-order valence-corrected chi connectivity index (χ2v) is 11.0. The van der Waals surface area contributed by atoms with Gasteiger partial charge in [-0.3, -0.25) is 4.68 Å². The van der Waals surface area contributed by atoms with Gasteiger partial charge in [0.15, 0.2) is 11.6 Å². The monoisotopic (exact) mass is 553 g/mol. The summed E-state index contributed by atoms with van der Waals surface area (Å²) in [6.07, 6.45) is 2.61. The van der Waals surface area contributed by atoms with Crippen LogP contribution in [0.25, 0.3) is 11.1 Å². The number of hydrogen-bond acceptors (Lipinski definition) is 8. The number of hydrogen-bond donors (Lipinski definition) is 1. The van der Waals surface area contributed by atoms with E-state index in [1.807, 2.05) is 32.5 Å². The van der Waals surface area contributed by atoms with Crippen molar-refractivity contribution in [1.82, 2.24) is 19.7 Å². The minimum absolute atomic E-state index is 0.0634. The van der Waals surface area contributed by atoms with Crippen molar-refractivity contribution in [3.8, 4) is 16.9 Å². The molecule has 1 fully saturated rings. The lowest BCUT2D eigenvalue weighted by molar-refractivity contribution is 0.0283. The zero-order valence-electron chi connectivity index (χ0n) is 23.9. The Morgan fingerprint density at radius 2 is 1.95 bits per heavy atom. The summed E-state index contributed by atoms with van der Waals surface area (Å²) in [5, 5.41) is 4.76. The Morgan fingerprint density at radius 1 is 1.25 bits per heavy atom. The van der Waals surface area contributed by atoms with Crippen molar-refractivity contribution >= 4 is 17.9 Å². The highest BCUT2D eigenvalue weighted by molar-refractivity contribution is 5.91. The number of nitrogens with zero attached hydrogens (tertiary/aromatic N) is 4. The first-order chi connectivity index (χ1) is 18.8. The van der Waals surface area contributed by atoms with Crippen LogP contribution in [0.5, 0.6) is 5.75 Å². The average Bonchev–Trinajstić information content (AvgIpc) is 3.66. The van der Waals surface area contributed by atoms with E-state index in [4.69, 9.17) is 25.0 Å². The fraction of sp³-hybridized carbons (Fsp3) is 0.448. The largest absolute Gasteiger partial charge is 0.482 e. The summed E-state index contributed by atoms with van der Waals surface area (Å²) in [4.78, 5) is 30.8. The number of carbonyl (C=O) groups excluding carboxylic acids is 2. The van der Waals surface area contributed by atoms with E-state index in [0.29, 0.717) is 22.9 Å². The predicted octanol–water partition coefficient (Wildman–Crippen LogP) is 5.37. The number of nitrogens with two attached hydrogens (primary N) is 1. The second kappa shape index (κ2) is 11.1. The molecule has 2 heterocycles. The second-order valence-electron chi connectivity index (χ2n) is 11.0. The van der Waals surface area contributed by atoms with Crippen molar-refractivity contribution in [3.63, 3.8) is 0 Å². The number of benzene rings is 1. The third kappa shape index (κ3) is 6.35. The van der Waals surface area contributed by atoms with Gasteiger partial charge in [-0.05, 0) is 58.7 Å². The number of anilines is 1. The van der Waals surface area contributed by atoms with Crippen molar-refractivity contribution in [1.29, 1.82) is 0 Å². The topological polar surface area (TPSA) is 122 Å². The normalized spacial score (nSPS) is 14.0. The molecule has 4 rings (SSSR count). The molecule has 214 valence electrons. The maximum absolute atomic E-state index is 13.9. The highest BCUT2D eigenvalue weighted by atomic mass is 19.1. The molecule has 0 saturated heterocycles. The third-order valence-electron chi connectivity index (χ3n) is 6.55. The van der Waals surface area contributed by atoms with E-state index in [2.05, 4.69) is 4.98 Å². The minimum Gasteiger partial charge on any atom is -0.482 e. The van der Waals surface area contributed by atoms with Gasteiger partial charge in [-0.15, -0.1) is 0 Å². The van der Waals surface area contributed by atoms with E-state index in [-0.39, 0.29) is 17.9 Å². The lowest BCUT2D eigenvalue weighted by Crippen LogP contribution is -2.34. The number of pyridine rings is 1. The maximum Gasteiger partial charge on any atom is 0.410 e. The summed E-state index contributed by atoms with van der Waals surface area (Å²) in [5.41, 5.74) is 9.40. The highest BCUT2D eigenvalue weighted by Gasteiger charge is 2.33. The number of aryl methyl sites for hydroxylation is 1. The summed E-state index contributed by atoms with van der Waals surface area (Å²) in [6.45, 7) is 7.41. The Balaban J connectivity index is 1.69. The van der Waals surface area contributed by atoms with Gasteiger partial charge < -0.3 is 24.8 Å². The zero-order chi connectivity index (χ0) is 29.4. The lowest BCUT2D eigenvalue weighted by atomic mass is 10.0.